The average Bonchev–Trinajstić information content (AvgIpc) is 2.74. The summed E-state index contributed by atoms with van der Waals surface area (Å²) in [6.07, 6.45) is -4.06. The van der Waals surface area contributed by atoms with Crippen molar-refractivity contribution in [2.75, 3.05) is 25.5 Å². The van der Waals surface area contributed by atoms with E-state index in [-0.39, 0.29) is 23.7 Å². The molecular formula is C20H21F3N2O5S. The van der Waals surface area contributed by atoms with Crippen molar-refractivity contribution >= 4 is 21.6 Å². The molecule has 1 aliphatic heterocycles. The molecule has 1 saturated heterocycles. The normalized spacial score (nSPS) is 17.7. The molecule has 1 aliphatic rings. The quantitative estimate of drug-likeness (QED) is 0.715. The van der Waals surface area contributed by atoms with Gasteiger partial charge in [0.25, 0.3) is 0 Å². The monoisotopic (exact) mass is 458 g/mol. The molecule has 1 heterocycles. The number of anilines is 1. The van der Waals surface area contributed by atoms with Gasteiger partial charge in [0.2, 0.25) is 15.9 Å². The molecule has 0 saturated carbocycles. The number of para-hydroxylation sites is 2. The van der Waals surface area contributed by atoms with Crippen molar-refractivity contribution in [2.24, 2.45) is 5.92 Å². The molecule has 0 aliphatic carbocycles. The van der Waals surface area contributed by atoms with E-state index in [4.69, 9.17) is 4.74 Å². The van der Waals surface area contributed by atoms with E-state index in [1.54, 1.807) is 0 Å². The highest BCUT2D eigenvalue weighted by Gasteiger charge is 2.35. The fraction of sp³-hybridized carbons (Fsp3) is 0.350. The van der Waals surface area contributed by atoms with Crippen LogP contribution in [0.2, 0.25) is 0 Å². The summed E-state index contributed by atoms with van der Waals surface area (Å²) in [5, 5.41) is 2.43. The van der Waals surface area contributed by atoms with Gasteiger partial charge in [0.05, 0.1) is 23.6 Å². The van der Waals surface area contributed by atoms with Crippen LogP contribution in [-0.2, 0) is 14.8 Å². The van der Waals surface area contributed by atoms with E-state index in [1.807, 2.05) is 0 Å². The predicted molar refractivity (Wildman–Crippen MR) is 106 cm³/mol. The Balaban J connectivity index is 1.72. The van der Waals surface area contributed by atoms with Crippen LogP contribution in [0.5, 0.6) is 11.5 Å². The highest BCUT2D eigenvalue weighted by molar-refractivity contribution is 7.89. The van der Waals surface area contributed by atoms with Gasteiger partial charge in [-0.25, -0.2) is 8.42 Å². The topological polar surface area (TPSA) is 84.9 Å². The number of rotatable bonds is 6. The largest absolute Gasteiger partial charge is 0.573 e. The first-order chi connectivity index (χ1) is 14.6. The van der Waals surface area contributed by atoms with Crippen molar-refractivity contribution in [2.45, 2.75) is 24.1 Å². The summed E-state index contributed by atoms with van der Waals surface area (Å²) >= 11 is 0. The molecule has 1 fully saturated rings. The average molecular weight is 458 g/mol. The van der Waals surface area contributed by atoms with Crippen LogP contribution in [-0.4, -0.2) is 45.2 Å². The lowest BCUT2D eigenvalue weighted by Gasteiger charge is -2.31. The van der Waals surface area contributed by atoms with Crippen LogP contribution in [0.4, 0.5) is 18.9 Å². The molecular weight excluding hydrogens is 437 g/mol. The van der Waals surface area contributed by atoms with E-state index >= 15 is 0 Å². The van der Waals surface area contributed by atoms with Gasteiger partial charge >= 0.3 is 6.36 Å². The molecule has 0 radical (unpaired) electrons. The van der Waals surface area contributed by atoms with E-state index in [2.05, 4.69) is 10.1 Å². The van der Waals surface area contributed by atoms with Crippen LogP contribution in [0.1, 0.15) is 12.8 Å². The Kier molecular flexibility index (Phi) is 6.75. The summed E-state index contributed by atoms with van der Waals surface area (Å²) < 4.78 is 73.8. The van der Waals surface area contributed by atoms with Crippen LogP contribution >= 0.6 is 0 Å². The van der Waals surface area contributed by atoms with Crippen LogP contribution in [0.25, 0.3) is 0 Å². The summed E-state index contributed by atoms with van der Waals surface area (Å²) in [6.45, 7) is 0.161. The Labute approximate surface area is 177 Å². The summed E-state index contributed by atoms with van der Waals surface area (Å²) in [7, 11) is -2.37. The molecule has 7 nitrogen and oxygen atoms in total. The maximum absolute atomic E-state index is 12.9. The number of methoxy groups -OCH3 is 1. The van der Waals surface area contributed by atoms with Gasteiger partial charge in [-0.2, -0.15) is 4.31 Å². The Morgan fingerprint density at radius 3 is 2.45 bits per heavy atom. The van der Waals surface area contributed by atoms with E-state index in [1.165, 1.54) is 53.9 Å². The van der Waals surface area contributed by atoms with Crippen molar-refractivity contribution < 1.29 is 35.9 Å². The maximum Gasteiger partial charge on any atom is 0.573 e. The first-order valence-corrected chi connectivity index (χ1v) is 10.8. The van der Waals surface area contributed by atoms with Crippen molar-refractivity contribution in [1.82, 2.24) is 4.31 Å². The number of carbonyl (C=O) groups is 1. The number of benzene rings is 2. The maximum atomic E-state index is 12.9. The second-order valence-electron chi connectivity index (χ2n) is 6.91. The zero-order chi connectivity index (χ0) is 22.6. The van der Waals surface area contributed by atoms with Gasteiger partial charge in [0, 0.05) is 13.1 Å². The van der Waals surface area contributed by atoms with Crippen molar-refractivity contribution in [3.8, 4) is 11.5 Å². The predicted octanol–water partition coefficient (Wildman–Crippen LogP) is 3.63. The number of sulfonamides is 1. The number of halogens is 3. The summed E-state index contributed by atoms with van der Waals surface area (Å²) in [5.41, 5.74) is -0.139. The number of carbonyl (C=O) groups excluding carboxylic acids is 1. The fourth-order valence-electron chi connectivity index (χ4n) is 3.29. The number of hydrogen-bond acceptors (Lipinski definition) is 5. The SMILES string of the molecule is COc1ccc(S(=O)(=O)N2CCC[C@H](C(=O)Nc3ccccc3OC(F)(F)F)C2)cc1. The molecule has 168 valence electrons. The number of ether oxygens (including phenoxy) is 2. The van der Waals surface area contributed by atoms with Crippen LogP contribution in [0, 0.1) is 5.92 Å². The lowest BCUT2D eigenvalue weighted by atomic mass is 9.98. The van der Waals surface area contributed by atoms with Gasteiger partial charge < -0.3 is 14.8 Å². The molecule has 0 spiro atoms. The van der Waals surface area contributed by atoms with E-state index in [9.17, 15) is 26.4 Å². The van der Waals surface area contributed by atoms with Gasteiger partial charge in [-0.1, -0.05) is 12.1 Å². The molecule has 2 aromatic rings. The van der Waals surface area contributed by atoms with Crippen molar-refractivity contribution in [3.63, 3.8) is 0 Å². The second-order valence-corrected chi connectivity index (χ2v) is 8.85. The Morgan fingerprint density at radius 1 is 1.13 bits per heavy atom. The third kappa shape index (κ3) is 5.67. The number of nitrogens with one attached hydrogen (secondary N) is 1. The first-order valence-electron chi connectivity index (χ1n) is 9.40. The highest BCUT2D eigenvalue weighted by atomic mass is 32.2. The van der Waals surface area contributed by atoms with Gasteiger partial charge in [-0.15, -0.1) is 13.2 Å². The molecule has 1 amide bonds. The number of nitrogens with zero attached hydrogens (tertiary/aromatic N) is 1. The third-order valence-corrected chi connectivity index (χ3v) is 6.70. The lowest BCUT2D eigenvalue weighted by molar-refractivity contribution is -0.274. The van der Waals surface area contributed by atoms with Crippen molar-refractivity contribution in [1.29, 1.82) is 0 Å². The van der Waals surface area contributed by atoms with Crippen LogP contribution in [0.3, 0.4) is 0 Å². The van der Waals surface area contributed by atoms with Crippen molar-refractivity contribution in [3.05, 3.63) is 48.5 Å². The Morgan fingerprint density at radius 2 is 1.81 bits per heavy atom. The van der Waals surface area contributed by atoms with E-state index in [0.29, 0.717) is 18.6 Å². The first kappa shape index (κ1) is 22.9. The lowest BCUT2D eigenvalue weighted by Crippen LogP contribution is -2.43. The van der Waals surface area contributed by atoms with E-state index < -0.39 is 34.0 Å². The number of piperidine rings is 1. The second kappa shape index (κ2) is 9.15. The number of amides is 1. The summed E-state index contributed by atoms with van der Waals surface area (Å²) in [5.74, 6) is -1.33. The minimum absolute atomic E-state index is 0.0679. The smallest absolute Gasteiger partial charge is 0.497 e. The third-order valence-electron chi connectivity index (χ3n) is 4.82. The molecule has 3 rings (SSSR count). The van der Waals surface area contributed by atoms with Gasteiger partial charge in [0.1, 0.15) is 5.75 Å². The molecule has 0 unspecified atom stereocenters. The Bertz CT molecular complexity index is 1030. The zero-order valence-electron chi connectivity index (χ0n) is 16.6. The van der Waals surface area contributed by atoms with Gasteiger partial charge in [-0.05, 0) is 49.2 Å². The number of alkyl halides is 3. The van der Waals surface area contributed by atoms with E-state index in [0.717, 1.165) is 6.07 Å². The van der Waals surface area contributed by atoms with Gasteiger partial charge in [0.15, 0.2) is 5.75 Å². The number of hydrogen-bond donors (Lipinski definition) is 1. The summed E-state index contributed by atoms with van der Waals surface area (Å²) in [4.78, 5) is 12.8. The highest BCUT2D eigenvalue weighted by Crippen LogP contribution is 2.31. The molecule has 0 aromatic heterocycles. The van der Waals surface area contributed by atoms with Crippen LogP contribution < -0.4 is 14.8 Å². The Hall–Kier alpha value is -2.79. The minimum Gasteiger partial charge on any atom is -0.497 e. The molecule has 2 aromatic carbocycles. The molecule has 31 heavy (non-hydrogen) atoms. The molecule has 0 bridgehead atoms. The standard InChI is InChI=1S/C20H21F3N2O5S/c1-29-15-8-10-16(11-9-15)31(27,28)25-12-4-5-14(13-25)19(26)24-17-6-2-3-7-18(17)30-20(21,22)23/h2-3,6-11,14H,4-5,12-13H2,1H3,(H,24,26)/t14-/m0/s1. The van der Waals surface area contributed by atoms with Gasteiger partial charge in [-0.3, -0.25) is 4.79 Å². The van der Waals surface area contributed by atoms with Crippen LogP contribution in [0.15, 0.2) is 53.4 Å². The zero-order valence-corrected chi connectivity index (χ0v) is 17.4. The summed E-state index contributed by atoms with van der Waals surface area (Å²) in [6, 6.07) is 11.1. The fourth-order valence-corrected chi connectivity index (χ4v) is 4.81. The molecule has 1 atom stereocenters. The minimum atomic E-state index is -4.91. The molecule has 11 heteroatoms. The molecule has 1 N–H and O–H groups in total.